The maximum atomic E-state index is 10.2. The molecule has 2 aliphatic carbocycles. The van der Waals surface area contributed by atoms with Gasteiger partial charge in [0.2, 0.25) is 0 Å². The van der Waals surface area contributed by atoms with Crippen molar-refractivity contribution in [3.63, 3.8) is 0 Å². The lowest BCUT2D eigenvalue weighted by molar-refractivity contribution is 0.0244. The maximum absolute atomic E-state index is 10.2. The van der Waals surface area contributed by atoms with E-state index in [1.807, 2.05) is 0 Å². The van der Waals surface area contributed by atoms with Gasteiger partial charge in [0.15, 0.2) is 0 Å². The zero-order valence-electron chi connectivity index (χ0n) is 8.34. The molecule has 2 heteroatoms. The first-order valence-electron chi connectivity index (χ1n) is 5.67. The Kier molecular flexibility index (Phi) is 2.61. The van der Waals surface area contributed by atoms with Crippen molar-refractivity contribution in [1.82, 2.24) is 0 Å². The molecule has 0 amide bonds. The van der Waals surface area contributed by atoms with Crippen molar-refractivity contribution >= 4 is 0 Å². The van der Waals surface area contributed by atoms with Crippen LogP contribution in [0.4, 0.5) is 0 Å². The van der Waals surface area contributed by atoms with E-state index in [-0.39, 0.29) is 11.5 Å². The standard InChI is InChI=1S/C11H21NO/c12-8-11(6-7-11)10(13)9-4-2-1-3-5-9/h9-10,13H,1-8,12H2/t10-/m0/s1. The smallest absolute Gasteiger partial charge is 0.0636 e. The molecule has 1 atom stereocenters. The van der Waals surface area contributed by atoms with E-state index >= 15 is 0 Å². The van der Waals surface area contributed by atoms with Crippen LogP contribution in [0.15, 0.2) is 0 Å². The van der Waals surface area contributed by atoms with Gasteiger partial charge >= 0.3 is 0 Å². The molecule has 0 saturated heterocycles. The summed E-state index contributed by atoms with van der Waals surface area (Å²) >= 11 is 0. The topological polar surface area (TPSA) is 46.2 Å². The quantitative estimate of drug-likeness (QED) is 0.699. The van der Waals surface area contributed by atoms with Crippen molar-refractivity contribution in [1.29, 1.82) is 0 Å². The van der Waals surface area contributed by atoms with E-state index in [0.29, 0.717) is 12.5 Å². The highest BCUT2D eigenvalue weighted by Crippen LogP contribution is 2.51. The van der Waals surface area contributed by atoms with Crippen LogP contribution in [0.1, 0.15) is 44.9 Å². The van der Waals surface area contributed by atoms with Crippen LogP contribution in [0.25, 0.3) is 0 Å². The Morgan fingerprint density at radius 2 is 1.85 bits per heavy atom. The predicted molar refractivity (Wildman–Crippen MR) is 53.3 cm³/mol. The summed E-state index contributed by atoms with van der Waals surface area (Å²) in [5.74, 6) is 0.555. The summed E-state index contributed by atoms with van der Waals surface area (Å²) in [5.41, 5.74) is 5.86. The minimum absolute atomic E-state index is 0.0993. The second kappa shape index (κ2) is 3.58. The van der Waals surface area contributed by atoms with Crippen molar-refractivity contribution in [3.8, 4) is 0 Å². The zero-order valence-corrected chi connectivity index (χ0v) is 8.34. The molecule has 0 aromatic rings. The molecule has 0 bridgehead atoms. The van der Waals surface area contributed by atoms with Crippen LogP contribution >= 0.6 is 0 Å². The Morgan fingerprint density at radius 1 is 1.23 bits per heavy atom. The van der Waals surface area contributed by atoms with Gasteiger partial charge in [-0.05, 0) is 31.6 Å². The Labute approximate surface area is 80.5 Å². The second-order valence-electron chi connectivity index (χ2n) is 4.91. The molecule has 0 spiro atoms. The molecule has 0 radical (unpaired) electrons. The van der Waals surface area contributed by atoms with Crippen LogP contribution in [0.5, 0.6) is 0 Å². The average molecular weight is 183 g/mol. The predicted octanol–water partition coefficient (Wildman–Crippen LogP) is 1.67. The highest BCUT2D eigenvalue weighted by molar-refractivity contribution is 5.01. The molecule has 76 valence electrons. The van der Waals surface area contributed by atoms with Gasteiger partial charge in [0.05, 0.1) is 6.10 Å². The van der Waals surface area contributed by atoms with Crippen LogP contribution in [-0.4, -0.2) is 17.8 Å². The number of aliphatic hydroxyl groups is 1. The fraction of sp³-hybridized carbons (Fsp3) is 1.00. The number of aliphatic hydroxyl groups excluding tert-OH is 1. The van der Waals surface area contributed by atoms with Crippen molar-refractivity contribution in [2.24, 2.45) is 17.1 Å². The summed E-state index contributed by atoms with van der Waals surface area (Å²) < 4.78 is 0. The summed E-state index contributed by atoms with van der Waals surface area (Å²) in [7, 11) is 0. The maximum Gasteiger partial charge on any atom is 0.0636 e. The van der Waals surface area contributed by atoms with Crippen LogP contribution in [-0.2, 0) is 0 Å². The van der Waals surface area contributed by atoms with Crippen LogP contribution in [0.3, 0.4) is 0 Å². The van der Waals surface area contributed by atoms with Gasteiger partial charge in [0.1, 0.15) is 0 Å². The molecular weight excluding hydrogens is 162 g/mol. The molecule has 3 N–H and O–H groups in total. The lowest BCUT2D eigenvalue weighted by atomic mass is 9.79. The molecule has 2 saturated carbocycles. The molecular formula is C11H21NO. The molecule has 0 aromatic carbocycles. The number of hydrogen-bond donors (Lipinski definition) is 2. The van der Waals surface area contributed by atoms with Crippen molar-refractivity contribution < 1.29 is 5.11 Å². The second-order valence-corrected chi connectivity index (χ2v) is 4.91. The lowest BCUT2D eigenvalue weighted by Gasteiger charge is -2.31. The lowest BCUT2D eigenvalue weighted by Crippen LogP contribution is -2.36. The van der Waals surface area contributed by atoms with E-state index in [1.54, 1.807) is 0 Å². The molecule has 13 heavy (non-hydrogen) atoms. The SMILES string of the molecule is NCC1([C@@H](O)C2CCCCC2)CC1. The molecule has 0 aliphatic heterocycles. The third-order valence-corrected chi connectivity index (χ3v) is 4.02. The summed E-state index contributed by atoms with van der Waals surface area (Å²) in [4.78, 5) is 0. The Bertz CT molecular complexity index is 171. The van der Waals surface area contributed by atoms with Crippen LogP contribution in [0, 0.1) is 11.3 Å². The molecule has 2 aliphatic rings. The van der Waals surface area contributed by atoms with Crippen molar-refractivity contribution in [2.45, 2.75) is 51.0 Å². The minimum atomic E-state index is -0.0993. The normalized spacial score (nSPS) is 30.0. The van der Waals surface area contributed by atoms with Gasteiger partial charge < -0.3 is 10.8 Å². The van der Waals surface area contributed by atoms with E-state index in [4.69, 9.17) is 5.73 Å². The largest absolute Gasteiger partial charge is 0.392 e. The monoisotopic (exact) mass is 183 g/mol. The van der Waals surface area contributed by atoms with Crippen LogP contribution < -0.4 is 5.73 Å². The summed E-state index contributed by atoms with van der Waals surface area (Å²) in [6, 6.07) is 0. The Balaban J connectivity index is 1.91. The van der Waals surface area contributed by atoms with Gasteiger partial charge in [-0.2, -0.15) is 0 Å². The van der Waals surface area contributed by atoms with Gasteiger partial charge in [0.25, 0.3) is 0 Å². The minimum Gasteiger partial charge on any atom is -0.392 e. The van der Waals surface area contributed by atoms with E-state index < -0.39 is 0 Å². The summed E-state index contributed by atoms with van der Waals surface area (Å²) in [6.45, 7) is 0.685. The van der Waals surface area contributed by atoms with Crippen molar-refractivity contribution in [2.75, 3.05) is 6.54 Å². The Morgan fingerprint density at radius 3 is 2.31 bits per heavy atom. The van der Waals surface area contributed by atoms with Crippen molar-refractivity contribution in [3.05, 3.63) is 0 Å². The van der Waals surface area contributed by atoms with E-state index in [0.717, 1.165) is 12.8 Å². The van der Waals surface area contributed by atoms with Gasteiger partial charge in [-0.1, -0.05) is 19.3 Å². The first-order valence-corrected chi connectivity index (χ1v) is 5.67. The fourth-order valence-corrected chi connectivity index (χ4v) is 2.73. The fourth-order valence-electron chi connectivity index (χ4n) is 2.73. The third-order valence-electron chi connectivity index (χ3n) is 4.02. The highest BCUT2D eigenvalue weighted by atomic mass is 16.3. The van der Waals surface area contributed by atoms with Gasteiger partial charge in [0, 0.05) is 12.0 Å². The molecule has 2 nitrogen and oxygen atoms in total. The van der Waals surface area contributed by atoms with E-state index in [1.165, 1.54) is 32.1 Å². The third kappa shape index (κ3) is 1.75. The molecule has 0 aromatic heterocycles. The summed E-state index contributed by atoms with van der Waals surface area (Å²) in [6.07, 6.45) is 8.63. The molecule has 0 heterocycles. The molecule has 2 rings (SSSR count). The first kappa shape index (κ1) is 9.47. The summed E-state index contributed by atoms with van der Waals surface area (Å²) in [5, 5.41) is 10.2. The average Bonchev–Trinajstić information content (AvgIpc) is 2.99. The van der Waals surface area contributed by atoms with Crippen LogP contribution in [0.2, 0.25) is 0 Å². The number of rotatable bonds is 3. The van der Waals surface area contributed by atoms with Gasteiger partial charge in [-0.3, -0.25) is 0 Å². The zero-order chi connectivity index (χ0) is 9.31. The van der Waals surface area contributed by atoms with Gasteiger partial charge in [-0.25, -0.2) is 0 Å². The van der Waals surface area contributed by atoms with E-state index in [2.05, 4.69) is 0 Å². The highest BCUT2D eigenvalue weighted by Gasteiger charge is 2.50. The van der Waals surface area contributed by atoms with Gasteiger partial charge in [-0.15, -0.1) is 0 Å². The molecule has 0 unspecified atom stereocenters. The van der Waals surface area contributed by atoms with E-state index in [9.17, 15) is 5.11 Å². The Hall–Kier alpha value is -0.0800. The first-order chi connectivity index (χ1) is 6.28. The number of hydrogen-bond acceptors (Lipinski definition) is 2. The number of nitrogens with two attached hydrogens (primary N) is 1. The molecule has 2 fully saturated rings.